The monoisotopic (exact) mass is 463 g/mol. The van der Waals surface area contributed by atoms with E-state index in [0.717, 1.165) is 12.0 Å². The molecule has 0 aliphatic rings. The van der Waals surface area contributed by atoms with Crippen molar-refractivity contribution in [3.05, 3.63) is 69.0 Å². The average Bonchev–Trinajstić information content (AvgIpc) is 3.16. The lowest BCUT2D eigenvalue weighted by Gasteiger charge is -2.10. The number of halogens is 2. The molecule has 1 aromatic heterocycles. The van der Waals surface area contributed by atoms with Gasteiger partial charge in [-0.25, -0.2) is 4.79 Å². The first-order valence-corrected chi connectivity index (χ1v) is 10.7. The highest BCUT2D eigenvalue weighted by molar-refractivity contribution is 7.15. The lowest BCUT2D eigenvalue weighted by atomic mass is 10.0. The maximum absolute atomic E-state index is 12.4. The summed E-state index contributed by atoms with van der Waals surface area (Å²) in [6, 6.07) is 12.6. The van der Waals surface area contributed by atoms with Gasteiger partial charge in [-0.3, -0.25) is 4.79 Å². The van der Waals surface area contributed by atoms with E-state index in [1.165, 1.54) is 30.1 Å². The molecule has 0 atom stereocenters. The largest absolute Gasteiger partial charge is 0.482 e. The Morgan fingerprint density at radius 2 is 1.83 bits per heavy atom. The number of hydrogen-bond acceptors (Lipinski definition) is 5. The van der Waals surface area contributed by atoms with Crippen LogP contribution in [-0.2, 0) is 16.0 Å². The van der Waals surface area contributed by atoms with E-state index in [9.17, 15) is 9.59 Å². The molecular formula is C22H19Cl2NO4S. The highest BCUT2D eigenvalue weighted by atomic mass is 35.5. The van der Waals surface area contributed by atoms with Gasteiger partial charge in [-0.1, -0.05) is 54.4 Å². The molecule has 0 unspecified atom stereocenters. The summed E-state index contributed by atoms with van der Waals surface area (Å²) < 4.78 is 10.4. The number of thiophene rings is 1. The predicted octanol–water partition coefficient (Wildman–Crippen LogP) is 6.09. The third-order valence-corrected chi connectivity index (χ3v) is 5.79. The van der Waals surface area contributed by atoms with Crippen molar-refractivity contribution in [1.82, 2.24) is 0 Å². The number of methoxy groups -OCH3 is 1. The van der Waals surface area contributed by atoms with Gasteiger partial charge in [0.2, 0.25) is 0 Å². The van der Waals surface area contributed by atoms with Crippen LogP contribution in [-0.4, -0.2) is 25.6 Å². The highest BCUT2D eigenvalue weighted by Gasteiger charge is 2.22. The molecule has 3 aromatic rings. The number of aryl methyl sites for hydroxylation is 1. The van der Waals surface area contributed by atoms with Gasteiger partial charge in [-0.15, -0.1) is 11.3 Å². The number of benzene rings is 2. The van der Waals surface area contributed by atoms with Crippen molar-refractivity contribution in [3.63, 3.8) is 0 Å². The zero-order valence-corrected chi connectivity index (χ0v) is 18.7. The first kappa shape index (κ1) is 22.2. The summed E-state index contributed by atoms with van der Waals surface area (Å²) in [5.41, 5.74) is 3.07. The zero-order chi connectivity index (χ0) is 21.7. The molecule has 0 saturated heterocycles. The summed E-state index contributed by atoms with van der Waals surface area (Å²) in [5.74, 6) is -0.615. The second kappa shape index (κ2) is 9.98. The molecule has 0 aliphatic heterocycles. The number of hydrogen-bond donors (Lipinski definition) is 1. The molecule has 3 rings (SSSR count). The van der Waals surface area contributed by atoms with Crippen molar-refractivity contribution in [2.24, 2.45) is 0 Å². The maximum atomic E-state index is 12.4. The Hall–Kier alpha value is -2.54. The first-order chi connectivity index (χ1) is 14.4. The van der Waals surface area contributed by atoms with Crippen molar-refractivity contribution in [3.8, 4) is 16.9 Å². The highest BCUT2D eigenvalue weighted by Crippen LogP contribution is 2.36. The number of carbonyl (C=O) groups excluding carboxylic acids is 2. The molecule has 0 radical (unpaired) electrons. The van der Waals surface area contributed by atoms with Crippen LogP contribution in [0.15, 0.2) is 47.8 Å². The fourth-order valence-electron chi connectivity index (χ4n) is 2.79. The standard InChI is InChI=1S/C22H19Cl2NO4S/c1-3-13-4-6-14(7-5-13)16-12-30-21(20(16)22(27)28-2)25-19(26)11-29-18-9-8-15(23)10-17(18)24/h4-10,12H,3,11H2,1-2H3,(H,25,26). The third kappa shape index (κ3) is 5.14. The summed E-state index contributed by atoms with van der Waals surface area (Å²) in [6.45, 7) is 1.80. The summed E-state index contributed by atoms with van der Waals surface area (Å²) in [7, 11) is 1.31. The molecule has 2 aromatic carbocycles. The van der Waals surface area contributed by atoms with Gasteiger partial charge in [0.15, 0.2) is 6.61 Å². The van der Waals surface area contributed by atoms with Gasteiger partial charge < -0.3 is 14.8 Å². The van der Waals surface area contributed by atoms with Crippen LogP contribution < -0.4 is 10.1 Å². The van der Waals surface area contributed by atoms with Crippen LogP contribution in [0.4, 0.5) is 5.00 Å². The molecular weight excluding hydrogens is 445 g/mol. The Bertz CT molecular complexity index is 1060. The zero-order valence-electron chi connectivity index (χ0n) is 16.3. The minimum atomic E-state index is -0.525. The number of anilines is 1. The van der Waals surface area contributed by atoms with Crippen molar-refractivity contribution in [1.29, 1.82) is 0 Å². The molecule has 8 heteroatoms. The molecule has 0 bridgehead atoms. The third-order valence-electron chi connectivity index (χ3n) is 4.36. The average molecular weight is 464 g/mol. The number of amides is 1. The van der Waals surface area contributed by atoms with Gasteiger partial charge in [0.1, 0.15) is 16.3 Å². The van der Waals surface area contributed by atoms with Crippen LogP contribution in [0.3, 0.4) is 0 Å². The summed E-state index contributed by atoms with van der Waals surface area (Å²) >= 11 is 13.2. The van der Waals surface area contributed by atoms with E-state index in [-0.39, 0.29) is 6.61 Å². The number of ether oxygens (including phenoxy) is 2. The summed E-state index contributed by atoms with van der Waals surface area (Å²) in [6.07, 6.45) is 0.923. The molecule has 1 amide bonds. The van der Waals surface area contributed by atoms with E-state index >= 15 is 0 Å². The Morgan fingerprint density at radius 1 is 1.10 bits per heavy atom. The Kier molecular flexibility index (Phi) is 7.37. The van der Waals surface area contributed by atoms with E-state index in [4.69, 9.17) is 32.7 Å². The summed E-state index contributed by atoms with van der Waals surface area (Å²) in [5, 5.41) is 5.71. The lowest BCUT2D eigenvalue weighted by Crippen LogP contribution is -2.21. The van der Waals surface area contributed by atoms with Crippen molar-refractivity contribution >= 4 is 51.4 Å². The molecule has 0 saturated carbocycles. The quantitative estimate of drug-likeness (QED) is 0.430. The molecule has 0 aliphatic carbocycles. The second-order valence-electron chi connectivity index (χ2n) is 6.31. The van der Waals surface area contributed by atoms with Crippen LogP contribution in [0.25, 0.3) is 11.1 Å². The Morgan fingerprint density at radius 3 is 2.47 bits per heavy atom. The van der Waals surface area contributed by atoms with Crippen molar-refractivity contribution < 1.29 is 19.1 Å². The first-order valence-electron chi connectivity index (χ1n) is 9.09. The fraction of sp³-hybridized carbons (Fsp3) is 0.182. The van der Waals surface area contributed by atoms with Gasteiger partial charge in [-0.05, 0) is 35.7 Å². The van der Waals surface area contributed by atoms with Gasteiger partial charge in [0.05, 0.1) is 12.1 Å². The second-order valence-corrected chi connectivity index (χ2v) is 8.03. The van der Waals surface area contributed by atoms with E-state index < -0.39 is 11.9 Å². The SMILES string of the molecule is CCc1ccc(-c2csc(NC(=O)COc3ccc(Cl)cc3Cl)c2C(=O)OC)cc1. The molecule has 156 valence electrons. The topological polar surface area (TPSA) is 64.6 Å². The normalized spacial score (nSPS) is 10.5. The number of carbonyl (C=O) groups is 2. The molecule has 5 nitrogen and oxygen atoms in total. The minimum absolute atomic E-state index is 0.277. The molecule has 30 heavy (non-hydrogen) atoms. The summed E-state index contributed by atoms with van der Waals surface area (Å²) in [4.78, 5) is 24.8. The number of esters is 1. The Labute approximate surface area is 188 Å². The molecule has 0 spiro atoms. The van der Waals surface area contributed by atoms with Gasteiger partial charge in [-0.2, -0.15) is 0 Å². The van der Waals surface area contributed by atoms with Crippen LogP contribution in [0, 0.1) is 0 Å². The molecule has 0 fully saturated rings. The van der Waals surface area contributed by atoms with Crippen LogP contribution in [0.2, 0.25) is 10.0 Å². The molecule has 1 N–H and O–H groups in total. The fourth-order valence-corrected chi connectivity index (χ4v) is 4.22. The number of nitrogens with one attached hydrogen (secondary N) is 1. The van der Waals surface area contributed by atoms with Crippen molar-refractivity contribution in [2.45, 2.75) is 13.3 Å². The van der Waals surface area contributed by atoms with Gasteiger partial charge >= 0.3 is 5.97 Å². The smallest absolute Gasteiger partial charge is 0.341 e. The van der Waals surface area contributed by atoms with Crippen LogP contribution in [0.1, 0.15) is 22.8 Å². The van der Waals surface area contributed by atoms with E-state index in [1.807, 2.05) is 29.6 Å². The van der Waals surface area contributed by atoms with Crippen LogP contribution >= 0.6 is 34.5 Å². The van der Waals surface area contributed by atoms with Crippen molar-refractivity contribution in [2.75, 3.05) is 19.0 Å². The maximum Gasteiger partial charge on any atom is 0.341 e. The predicted molar refractivity (Wildman–Crippen MR) is 121 cm³/mol. The number of rotatable bonds is 7. The molecule has 1 heterocycles. The van der Waals surface area contributed by atoms with Gasteiger partial charge in [0, 0.05) is 16.0 Å². The van der Waals surface area contributed by atoms with Gasteiger partial charge in [0.25, 0.3) is 5.91 Å². The Balaban J connectivity index is 1.78. The lowest BCUT2D eigenvalue weighted by molar-refractivity contribution is -0.118. The van der Waals surface area contributed by atoms with E-state index in [1.54, 1.807) is 12.1 Å². The minimum Gasteiger partial charge on any atom is -0.482 e. The van der Waals surface area contributed by atoms with Crippen LogP contribution in [0.5, 0.6) is 5.75 Å². The van der Waals surface area contributed by atoms with E-state index in [0.29, 0.717) is 31.9 Å². The van der Waals surface area contributed by atoms with E-state index in [2.05, 4.69) is 12.2 Å².